The highest BCUT2D eigenvalue weighted by atomic mass is 32.1. The van der Waals surface area contributed by atoms with Crippen LogP contribution in [0.4, 0.5) is 5.13 Å². The van der Waals surface area contributed by atoms with Crippen molar-refractivity contribution in [2.45, 2.75) is 19.4 Å². The van der Waals surface area contributed by atoms with Crippen LogP contribution in [0.25, 0.3) is 6.08 Å². The third-order valence-corrected chi connectivity index (χ3v) is 6.22. The number of nitrogens with one attached hydrogen (secondary N) is 2. The molecule has 3 aromatic rings. The maximum absolute atomic E-state index is 12.8. The molecule has 174 valence electrons. The molecule has 4 rings (SSSR count). The summed E-state index contributed by atoms with van der Waals surface area (Å²) in [4.78, 5) is 30.8. The molecule has 0 fully saturated rings. The first-order valence-electron chi connectivity index (χ1n) is 10.6. The van der Waals surface area contributed by atoms with E-state index in [-0.39, 0.29) is 18.4 Å². The second-order valence-corrected chi connectivity index (χ2v) is 8.58. The van der Waals surface area contributed by atoms with Crippen LogP contribution in [0.15, 0.2) is 53.9 Å². The number of carbonyl (C=O) groups is 2. The standard InChI is InChI=1S/C25H24N4O4S/c1-32-20-10-6-17(13-21(20)33-2)23(30)27-14-15-4-3-5-16(12-15)24(31)29-25-28-19-9-7-18(26)8-11-22(19)34-25/h3-6,10-13H,7,9,14,26H2,1-2H3,(H,27,30)(H,28,29,31). The van der Waals surface area contributed by atoms with E-state index >= 15 is 0 Å². The summed E-state index contributed by atoms with van der Waals surface area (Å²) in [5.41, 5.74) is 12.2. The fraction of sp³-hybridized carbons (Fsp3) is 0.200. The van der Waals surface area contributed by atoms with Gasteiger partial charge in [0.15, 0.2) is 16.6 Å². The second-order valence-electron chi connectivity index (χ2n) is 7.55. The van der Waals surface area contributed by atoms with Crippen LogP contribution in [0.2, 0.25) is 0 Å². The molecule has 1 aromatic heterocycles. The molecule has 2 aromatic carbocycles. The summed E-state index contributed by atoms with van der Waals surface area (Å²) < 4.78 is 10.5. The zero-order chi connectivity index (χ0) is 24.1. The van der Waals surface area contributed by atoms with Crippen molar-refractivity contribution in [1.82, 2.24) is 10.3 Å². The molecule has 1 heterocycles. The number of fused-ring (bicyclic) bond motifs is 1. The van der Waals surface area contributed by atoms with Crippen LogP contribution in [0.1, 0.15) is 43.3 Å². The van der Waals surface area contributed by atoms with Gasteiger partial charge in [0.1, 0.15) is 0 Å². The monoisotopic (exact) mass is 476 g/mol. The Morgan fingerprint density at radius 2 is 1.85 bits per heavy atom. The summed E-state index contributed by atoms with van der Waals surface area (Å²) in [6.07, 6.45) is 3.22. The lowest BCUT2D eigenvalue weighted by Crippen LogP contribution is -2.23. The quantitative estimate of drug-likeness (QED) is 0.448. The number of carbonyl (C=O) groups excluding carboxylic acids is 2. The Bertz CT molecular complexity index is 1310. The van der Waals surface area contributed by atoms with Gasteiger partial charge in [-0.3, -0.25) is 14.9 Å². The number of amides is 2. The molecule has 2 amide bonds. The normalized spacial score (nSPS) is 12.2. The molecule has 0 radical (unpaired) electrons. The van der Waals surface area contributed by atoms with Gasteiger partial charge < -0.3 is 20.5 Å². The summed E-state index contributed by atoms with van der Waals surface area (Å²) in [7, 11) is 3.05. The molecule has 0 bridgehead atoms. The van der Waals surface area contributed by atoms with Crippen molar-refractivity contribution < 1.29 is 19.1 Å². The summed E-state index contributed by atoms with van der Waals surface area (Å²) in [6.45, 7) is 0.262. The molecular formula is C25H24N4O4S. The fourth-order valence-electron chi connectivity index (χ4n) is 3.45. The van der Waals surface area contributed by atoms with E-state index in [0.717, 1.165) is 16.1 Å². The highest BCUT2D eigenvalue weighted by molar-refractivity contribution is 7.16. The summed E-state index contributed by atoms with van der Waals surface area (Å²) in [5.74, 6) is 0.494. The van der Waals surface area contributed by atoms with Crippen LogP contribution in [0.3, 0.4) is 0 Å². The maximum atomic E-state index is 12.8. The fourth-order valence-corrected chi connectivity index (χ4v) is 4.34. The van der Waals surface area contributed by atoms with E-state index < -0.39 is 0 Å². The molecule has 0 unspecified atom stereocenters. The molecule has 0 saturated carbocycles. The minimum absolute atomic E-state index is 0.261. The molecule has 0 spiro atoms. The van der Waals surface area contributed by atoms with Crippen molar-refractivity contribution in [2.24, 2.45) is 5.73 Å². The van der Waals surface area contributed by atoms with Gasteiger partial charge in [0.2, 0.25) is 0 Å². The van der Waals surface area contributed by atoms with Gasteiger partial charge in [0, 0.05) is 30.2 Å². The van der Waals surface area contributed by atoms with Gasteiger partial charge in [0.05, 0.1) is 30.5 Å². The Morgan fingerprint density at radius 3 is 2.65 bits per heavy atom. The zero-order valence-corrected chi connectivity index (χ0v) is 19.6. The van der Waals surface area contributed by atoms with Crippen LogP contribution in [0.5, 0.6) is 11.5 Å². The van der Waals surface area contributed by atoms with Gasteiger partial charge in [-0.05, 0) is 42.3 Å². The number of thiazole rings is 1. The van der Waals surface area contributed by atoms with E-state index in [1.807, 2.05) is 12.1 Å². The maximum Gasteiger partial charge on any atom is 0.257 e. The second kappa shape index (κ2) is 10.2. The van der Waals surface area contributed by atoms with Crippen molar-refractivity contribution in [2.75, 3.05) is 19.5 Å². The number of hydrogen-bond acceptors (Lipinski definition) is 7. The number of rotatable bonds is 7. The van der Waals surface area contributed by atoms with Gasteiger partial charge in [-0.25, -0.2) is 4.98 Å². The molecule has 4 N–H and O–H groups in total. The number of methoxy groups -OCH3 is 2. The number of benzene rings is 2. The van der Waals surface area contributed by atoms with Gasteiger partial charge in [0.25, 0.3) is 11.8 Å². The number of aryl methyl sites for hydroxylation is 1. The topological polar surface area (TPSA) is 116 Å². The number of nitrogens with zero attached hydrogens (tertiary/aromatic N) is 1. The third-order valence-electron chi connectivity index (χ3n) is 5.26. The summed E-state index contributed by atoms with van der Waals surface area (Å²) >= 11 is 1.39. The number of anilines is 1. The van der Waals surface area contributed by atoms with Crippen LogP contribution in [0, 0.1) is 0 Å². The van der Waals surface area contributed by atoms with E-state index in [4.69, 9.17) is 15.2 Å². The lowest BCUT2D eigenvalue weighted by atomic mass is 10.1. The summed E-state index contributed by atoms with van der Waals surface area (Å²) in [5, 5.41) is 6.25. The Morgan fingerprint density at radius 1 is 1.06 bits per heavy atom. The number of nitrogens with two attached hydrogens (primary N) is 1. The van der Waals surface area contributed by atoms with Crippen LogP contribution < -0.4 is 25.8 Å². The zero-order valence-electron chi connectivity index (χ0n) is 18.8. The minimum atomic E-state index is -0.268. The van der Waals surface area contributed by atoms with Gasteiger partial charge in [-0.1, -0.05) is 29.2 Å². The first-order valence-corrected chi connectivity index (χ1v) is 11.4. The molecule has 1 aliphatic rings. The number of ether oxygens (including phenoxy) is 2. The smallest absolute Gasteiger partial charge is 0.257 e. The largest absolute Gasteiger partial charge is 0.493 e. The minimum Gasteiger partial charge on any atom is -0.493 e. The molecule has 0 aliphatic heterocycles. The van der Waals surface area contributed by atoms with Crippen LogP contribution in [-0.4, -0.2) is 31.0 Å². The van der Waals surface area contributed by atoms with Crippen molar-refractivity contribution in [3.05, 3.63) is 81.2 Å². The van der Waals surface area contributed by atoms with E-state index in [0.29, 0.717) is 46.3 Å². The number of hydrogen-bond donors (Lipinski definition) is 3. The average molecular weight is 477 g/mol. The average Bonchev–Trinajstić information content (AvgIpc) is 3.17. The lowest BCUT2D eigenvalue weighted by Gasteiger charge is -2.10. The van der Waals surface area contributed by atoms with Crippen molar-refractivity contribution in [3.8, 4) is 11.5 Å². The van der Waals surface area contributed by atoms with Gasteiger partial charge in [-0.15, -0.1) is 0 Å². The number of allylic oxidation sites excluding steroid dienone is 1. The lowest BCUT2D eigenvalue weighted by molar-refractivity contribution is 0.0950. The molecule has 8 nitrogen and oxygen atoms in total. The Labute approximate surface area is 201 Å². The van der Waals surface area contributed by atoms with E-state index in [1.165, 1.54) is 25.6 Å². The first-order chi connectivity index (χ1) is 16.5. The molecule has 0 saturated heterocycles. The predicted molar refractivity (Wildman–Crippen MR) is 131 cm³/mol. The van der Waals surface area contributed by atoms with Crippen molar-refractivity contribution >= 4 is 34.4 Å². The Hall–Kier alpha value is -4.07. The highest BCUT2D eigenvalue weighted by Crippen LogP contribution is 2.28. The van der Waals surface area contributed by atoms with E-state index in [9.17, 15) is 9.59 Å². The molecule has 34 heavy (non-hydrogen) atoms. The Kier molecular flexibility index (Phi) is 6.96. The van der Waals surface area contributed by atoms with E-state index in [2.05, 4.69) is 21.3 Å². The highest BCUT2D eigenvalue weighted by Gasteiger charge is 2.15. The first kappa shape index (κ1) is 23.1. The Balaban J connectivity index is 1.40. The van der Waals surface area contributed by atoms with Crippen molar-refractivity contribution in [1.29, 1.82) is 0 Å². The predicted octanol–water partition coefficient (Wildman–Crippen LogP) is 3.74. The molecule has 9 heteroatoms. The number of aromatic nitrogens is 1. The van der Waals surface area contributed by atoms with Gasteiger partial charge >= 0.3 is 0 Å². The third kappa shape index (κ3) is 5.28. The molecule has 1 aliphatic carbocycles. The SMILES string of the molecule is COc1ccc(C(=O)NCc2cccc(C(=O)Nc3nc4c(s3)C=C=C(N)CC4)c2)cc1OC. The van der Waals surface area contributed by atoms with Crippen LogP contribution in [-0.2, 0) is 13.0 Å². The molecular weight excluding hydrogens is 452 g/mol. The van der Waals surface area contributed by atoms with Crippen LogP contribution >= 0.6 is 11.3 Å². The van der Waals surface area contributed by atoms with Crippen molar-refractivity contribution in [3.63, 3.8) is 0 Å². The summed E-state index contributed by atoms with van der Waals surface area (Å²) in [6, 6.07) is 12.0. The molecule has 0 atom stereocenters. The van der Waals surface area contributed by atoms with Gasteiger partial charge in [-0.2, -0.15) is 0 Å². The van der Waals surface area contributed by atoms with E-state index in [1.54, 1.807) is 36.4 Å².